The molecule has 162 valence electrons. The number of carbonyl (C=O) groups is 1. The number of fused-ring (bicyclic) bond motifs is 1. The summed E-state index contributed by atoms with van der Waals surface area (Å²) in [7, 11) is 0. The molecule has 8 heteroatoms. The maximum atomic E-state index is 12.4. The summed E-state index contributed by atoms with van der Waals surface area (Å²) in [5, 5.41) is 4.37. The first-order chi connectivity index (χ1) is 15.1. The SMILES string of the molecule is CCOC(=O)Cn1ncc2c1CCCC2N(c1ccc(-c2ccccc2)cc1)S(=O)O. The zero-order valence-electron chi connectivity index (χ0n) is 17.3. The molecule has 1 aromatic heterocycles. The van der Waals surface area contributed by atoms with E-state index in [1.54, 1.807) is 17.8 Å². The third-order valence-corrected chi connectivity index (χ3v) is 6.30. The molecule has 0 fully saturated rings. The minimum absolute atomic E-state index is 0.0455. The highest BCUT2D eigenvalue weighted by Gasteiger charge is 2.32. The molecule has 4 rings (SSSR count). The van der Waals surface area contributed by atoms with Crippen LogP contribution in [0.2, 0.25) is 0 Å². The summed E-state index contributed by atoms with van der Waals surface area (Å²) >= 11 is -2.21. The summed E-state index contributed by atoms with van der Waals surface area (Å²) < 4.78 is 30.7. The molecule has 2 atom stereocenters. The predicted molar refractivity (Wildman–Crippen MR) is 120 cm³/mol. The molecular weight excluding hydrogens is 414 g/mol. The third kappa shape index (κ3) is 4.55. The van der Waals surface area contributed by atoms with Gasteiger partial charge in [-0.25, -0.2) is 4.21 Å². The average Bonchev–Trinajstić information content (AvgIpc) is 3.18. The maximum Gasteiger partial charge on any atom is 0.327 e. The fourth-order valence-corrected chi connectivity index (χ4v) is 4.85. The van der Waals surface area contributed by atoms with Crippen molar-refractivity contribution in [2.75, 3.05) is 10.9 Å². The van der Waals surface area contributed by atoms with Crippen LogP contribution in [0.5, 0.6) is 0 Å². The second-order valence-electron chi connectivity index (χ2n) is 7.39. The first-order valence-corrected chi connectivity index (χ1v) is 11.4. The van der Waals surface area contributed by atoms with Gasteiger partial charge in [0.15, 0.2) is 0 Å². The number of benzene rings is 2. The van der Waals surface area contributed by atoms with Crippen molar-refractivity contribution in [3.05, 3.63) is 72.1 Å². The van der Waals surface area contributed by atoms with Crippen molar-refractivity contribution in [1.82, 2.24) is 9.78 Å². The van der Waals surface area contributed by atoms with Crippen LogP contribution >= 0.6 is 0 Å². The summed E-state index contributed by atoms with van der Waals surface area (Å²) in [4.78, 5) is 11.9. The van der Waals surface area contributed by atoms with Gasteiger partial charge >= 0.3 is 5.97 Å². The van der Waals surface area contributed by atoms with Crippen LogP contribution < -0.4 is 4.31 Å². The van der Waals surface area contributed by atoms with Gasteiger partial charge in [0.1, 0.15) is 6.54 Å². The lowest BCUT2D eigenvalue weighted by Crippen LogP contribution is -2.33. The molecule has 1 aliphatic carbocycles. The molecule has 0 bridgehead atoms. The van der Waals surface area contributed by atoms with Gasteiger partial charge in [0.05, 0.1) is 24.5 Å². The second kappa shape index (κ2) is 9.45. The number of ether oxygens (including phenoxy) is 1. The molecule has 0 aliphatic heterocycles. The van der Waals surface area contributed by atoms with Gasteiger partial charge in [-0.2, -0.15) is 5.10 Å². The Labute approximate surface area is 184 Å². The van der Waals surface area contributed by atoms with Gasteiger partial charge in [0.25, 0.3) is 11.3 Å². The summed E-state index contributed by atoms with van der Waals surface area (Å²) in [6.07, 6.45) is 4.04. The lowest BCUT2D eigenvalue weighted by molar-refractivity contribution is -0.144. The van der Waals surface area contributed by atoms with E-state index in [2.05, 4.69) is 5.10 Å². The van der Waals surface area contributed by atoms with Gasteiger partial charge in [0.2, 0.25) is 0 Å². The van der Waals surface area contributed by atoms with Crippen LogP contribution in [0.3, 0.4) is 0 Å². The molecule has 2 aromatic carbocycles. The van der Waals surface area contributed by atoms with Gasteiger partial charge < -0.3 is 4.74 Å². The van der Waals surface area contributed by atoms with Gasteiger partial charge in [-0.15, -0.1) is 0 Å². The fraction of sp³-hybridized carbons (Fsp3) is 0.304. The smallest absolute Gasteiger partial charge is 0.327 e. The summed E-state index contributed by atoms with van der Waals surface area (Å²) in [5.41, 5.74) is 4.59. The molecule has 1 N–H and O–H groups in total. The van der Waals surface area contributed by atoms with E-state index in [4.69, 9.17) is 4.74 Å². The molecule has 3 aromatic rings. The summed E-state index contributed by atoms with van der Waals surface area (Å²) in [6.45, 7) is 2.13. The minimum atomic E-state index is -2.21. The molecule has 0 amide bonds. The summed E-state index contributed by atoms with van der Waals surface area (Å²) in [5.74, 6) is -0.338. The molecule has 2 unspecified atom stereocenters. The predicted octanol–water partition coefficient (Wildman–Crippen LogP) is 4.13. The topological polar surface area (TPSA) is 84.7 Å². The van der Waals surface area contributed by atoms with E-state index >= 15 is 0 Å². The zero-order valence-corrected chi connectivity index (χ0v) is 18.1. The molecule has 0 spiro atoms. The van der Waals surface area contributed by atoms with Gasteiger partial charge in [-0.3, -0.25) is 18.3 Å². The number of aromatic nitrogens is 2. The quantitative estimate of drug-likeness (QED) is 0.442. The van der Waals surface area contributed by atoms with E-state index in [9.17, 15) is 13.6 Å². The van der Waals surface area contributed by atoms with Crippen molar-refractivity contribution in [2.45, 2.75) is 38.8 Å². The number of hydrogen-bond acceptors (Lipinski definition) is 4. The highest BCUT2D eigenvalue weighted by Crippen LogP contribution is 2.38. The Morgan fingerprint density at radius 3 is 2.58 bits per heavy atom. The Bertz CT molecular complexity index is 1070. The molecule has 0 saturated heterocycles. The van der Waals surface area contributed by atoms with Crippen LogP contribution in [-0.2, 0) is 33.8 Å². The van der Waals surface area contributed by atoms with E-state index in [1.807, 2.05) is 54.6 Å². The van der Waals surface area contributed by atoms with E-state index in [-0.39, 0.29) is 18.6 Å². The fourth-order valence-electron chi connectivity index (χ4n) is 4.11. The monoisotopic (exact) mass is 439 g/mol. The number of anilines is 1. The summed E-state index contributed by atoms with van der Waals surface area (Å²) in [6, 6.07) is 17.3. The van der Waals surface area contributed by atoms with Crippen molar-refractivity contribution in [2.24, 2.45) is 0 Å². The highest BCUT2D eigenvalue weighted by atomic mass is 32.2. The van der Waals surface area contributed by atoms with Gasteiger partial charge in [-0.1, -0.05) is 42.5 Å². The molecule has 7 nitrogen and oxygen atoms in total. The first kappa shape index (κ1) is 21.3. The Hall–Kier alpha value is -2.97. The molecule has 0 saturated carbocycles. The van der Waals surface area contributed by atoms with Crippen LogP contribution in [0.25, 0.3) is 11.1 Å². The van der Waals surface area contributed by atoms with Crippen molar-refractivity contribution < 1.29 is 18.3 Å². The van der Waals surface area contributed by atoms with E-state index in [0.717, 1.165) is 41.6 Å². The number of hydrogen-bond donors (Lipinski definition) is 1. The molecule has 1 heterocycles. The number of carbonyl (C=O) groups excluding carboxylic acids is 1. The first-order valence-electron chi connectivity index (χ1n) is 10.3. The standard InChI is InChI=1S/C23H25N3O4S/c1-2-30-23(27)16-25-21-9-6-10-22(20(21)15-24-25)26(31(28)29)19-13-11-18(12-14-19)17-7-4-3-5-8-17/h3-5,7-8,11-15,22H,2,6,9-10,16H2,1H3,(H,28,29). The Kier molecular flexibility index (Phi) is 6.48. The third-order valence-electron chi connectivity index (χ3n) is 5.50. The van der Waals surface area contributed by atoms with Crippen molar-refractivity contribution in [3.8, 4) is 11.1 Å². The lowest BCUT2D eigenvalue weighted by atomic mass is 9.92. The van der Waals surface area contributed by atoms with Crippen LogP contribution in [0, 0.1) is 0 Å². The van der Waals surface area contributed by atoms with Crippen LogP contribution in [0.4, 0.5) is 5.69 Å². The van der Waals surface area contributed by atoms with Crippen LogP contribution in [-0.4, -0.2) is 31.1 Å². The maximum absolute atomic E-state index is 12.4. The lowest BCUT2D eigenvalue weighted by Gasteiger charge is -2.33. The Morgan fingerprint density at radius 2 is 1.90 bits per heavy atom. The minimum Gasteiger partial charge on any atom is -0.465 e. The molecular formula is C23H25N3O4S. The van der Waals surface area contributed by atoms with Crippen molar-refractivity contribution in [3.63, 3.8) is 0 Å². The van der Waals surface area contributed by atoms with Crippen LogP contribution in [0.1, 0.15) is 37.1 Å². The van der Waals surface area contributed by atoms with Crippen molar-refractivity contribution >= 4 is 22.9 Å². The van der Waals surface area contributed by atoms with Crippen molar-refractivity contribution in [1.29, 1.82) is 0 Å². The zero-order chi connectivity index (χ0) is 21.8. The molecule has 31 heavy (non-hydrogen) atoms. The highest BCUT2D eigenvalue weighted by molar-refractivity contribution is 7.80. The van der Waals surface area contributed by atoms with Crippen LogP contribution in [0.15, 0.2) is 60.8 Å². The normalized spacial score (nSPS) is 16.4. The largest absolute Gasteiger partial charge is 0.465 e. The Morgan fingerprint density at radius 1 is 1.19 bits per heavy atom. The van der Waals surface area contributed by atoms with Gasteiger partial charge in [-0.05, 0) is 49.4 Å². The Balaban J connectivity index is 1.62. The molecule has 0 radical (unpaired) electrons. The second-order valence-corrected chi connectivity index (χ2v) is 8.24. The van der Waals surface area contributed by atoms with Gasteiger partial charge in [0, 0.05) is 11.3 Å². The van der Waals surface area contributed by atoms with E-state index in [1.165, 1.54) is 4.31 Å². The van der Waals surface area contributed by atoms with E-state index in [0.29, 0.717) is 12.3 Å². The number of rotatable bonds is 7. The number of nitrogens with zero attached hydrogens (tertiary/aromatic N) is 3. The average molecular weight is 440 g/mol. The number of esters is 1. The van der Waals surface area contributed by atoms with E-state index < -0.39 is 11.3 Å². The molecule has 1 aliphatic rings.